The van der Waals surface area contributed by atoms with Crippen LogP contribution in [0.3, 0.4) is 0 Å². The van der Waals surface area contributed by atoms with Crippen molar-refractivity contribution in [3.63, 3.8) is 0 Å². The summed E-state index contributed by atoms with van der Waals surface area (Å²) in [6.07, 6.45) is 3.69. The smallest absolute Gasteiger partial charge is 0.293 e. The zero-order chi connectivity index (χ0) is 21.7. The number of hydrogen-bond acceptors (Lipinski definition) is 6. The second-order valence-corrected chi connectivity index (χ2v) is 7.98. The number of nitrogens with zero attached hydrogens (tertiary/aromatic N) is 3. The monoisotopic (exact) mass is 412 g/mol. The first kappa shape index (κ1) is 21.5. The molecule has 1 fully saturated rings. The van der Waals surface area contributed by atoms with Gasteiger partial charge in [0.1, 0.15) is 5.69 Å². The maximum atomic E-state index is 12.5. The van der Waals surface area contributed by atoms with E-state index in [4.69, 9.17) is 4.74 Å². The lowest BCUT2D eigenvalue weighted by atomic mass is 9.98. The average Bonchev–Trinajstić information content (AvgIpc) is 2.73. The number of aromatic nitrogens is 1. The Bertz CT molecular complexity index is 891. The van der Waals surface area contributed by atoms with E-state index in [0.717, 1.165) is 31.5 Å². The van der Waals surface area contributed by atoms with E-state index in [1.165, 1.54) is 6.07 Å². The number of hydrogen-bond donors (Lipinski definition) is 1. The summed E-state index contributed by atoms with van der Waals surface area (Å²) >= 11 is 0. The second-order valence-electron chi connectivity index (χ2n) is 7.98. The summed E-state index contributed by atoms with van der Waals surface area (Å²) < 4.78 is 5.50. The number of benzene rings is 1. The van der Waals surface area contributed by atoms with Crippen molar-refractivity contribution in [2.45, 2.75) is 46.3 Å². The average molecular weight is 412 g/mol. The third-order valence-corrected chi connectivity index (χ3v) is 5.17. The van der Waals surface area contributed by atoms with Crippen molar-refractivity contribution in [1.82, 2.24) is 10.3 Å². The minimum absolute atomic E-state index is 0.0333. The molecule has 0 aliphatic carbocycles. The number of nitro benzene ring substituents is 1. The molecule has 160 valence electrons. The molecule has 0 atom stereocenters. The zero-order valence-corrected chi connectivity index (χ0v) is 17.6. The molecule has 8 heteroatoms. The molecule has 0 radical (unpaired) electrons. The summed E-state index contributed by atoms with van der Waals surface area (Å²) in [5, 5.41) is 14.4. The number of nitro groups is 1. The van der Waals surface area contributed by atoms with Gasteiger partial charge in [-0.25, -0.2) is 4.98 Å². The molecule has 0 unspecified atom stereocenters. The Hall–Kier alpha value is -3.16. The number of nitrogens with one attached hydrogen (secondary N) is 1. The summed E-state index contributed by atoms with van der Waals surface area (Å²) in [5.41, 5.74) is 1.62. The van der Waals surface area contributed by atoms with Gasteiger partial charge < -0.3 is 15.0 Å². The van der Waals surface area contributed by atoms with Gasteiger partial charge in [-0.1, -0.05) is 13.0 Å². The van der Waals surface area contributed by atoms with E-state index < -0.39 is 4.92 Å². The summed E-state index contributed by atoms with van der Waals surface area (Å²) in [7, 11) is 0. The molecule has 1 aromatic carbocycles. The van der Waals surface area contributed by atoms with E-state index in [1.54, 1.807) is 24.4 Å². The topological polar surface area (TPSA) is 97.6 Å². The molecule has 8 nitrogen and oxygen atoms in total. The van der Waals surface area contributed by atoms with Crippen molar-refractivity contribution < 1.29 is 14.5 Å². The van der Waals surface area contributed by atoms with Crippen LogP contribution >= 0.6 is 0 Å². The molecule has 1 aromatic heterocycles. The number of rotatable bonds is 7. The zero-order valence-electron chi connectivity index (χ0n) is 17.6. The highest BCUT2D eigenvalue weighted by Crippen LogP contribution is 2.32. The Labute approximate surface area is 176 Å². The van der Waals surface area contributed by atoms with E-state index in [9.17, 15) is 14.9 Å². The Morgan fingerprint density at radius 2 is 2.03 bits per heavy atom. The van der Waals surface area contributed by atoms with Gasteiger partial charge in [0, 0.05) is 43.5 Å². The normalized spacial score (nSPS) is 14.6. The number of carbonyl (C=O) groups is 1. The third-order valence-electron chi connectivity index (χ3n) is 5.17. The van der Waals surface area contributed by atoms with Gasteiger partial charge in [0.25, 0.3) is 11.6 Å². The minimum atomic E-state index is -0.415. The van der Waals surface area contributed by atoms with Crippen molar-refractivity contribution in [2.75, 3.05) is 18.0 Å². The lowest BCUT2D eigenvalue weighted by Gasteiger charge is -2.31. The van der Waals surface area contributed by atoms with Crippen molar-refractivity contribution in [3.8, 4) is 5.88 Å². The Morgan fingerprint density at radius 3 is 2.63 bits per heavy atom. The molecule has 3 rings (SSSR count). The van der Waals surface area contributed by atoms with E-state index in [-0.39, 0.29) is 29.8 Å². The van der Waals surface area contributed by atoms with Crippen LogP contribution in [0.1, 0.15) is 49.5 Å². The molecule has 2 aromatic rings. The predicted octanol–water partition coefficient (Wildman–Crippen LogP) is 3.94. The van der Waals surface area contributed by atoms with Crippen LogP contribution in [0.25, 0.3) is 0 Å². The molecule has 1 N–H and O–H groups in total. The fraction of sp³-hybridized carbons (Fsp3) is 0.455. The first-order valence-electron chi connectivity index (χ1n) is 10.3. The van der Waals surface area contributed by atoms with Crippen molar-refractivity contribution >= 4 is 17.3 Å². The van der Waals surface area contributed by atoms with Gasteiger partial charge in [-0.15, -0.1) is 0 Å². The van der Waals surface area contributed by atoms with Gasteiger partial charge in [-0.3, -0.25) is 14.9 Å². The largest absolute Gasteiger partial charge is 0.475 e. The number of amides is 1. The SMILES string of the molecule is CC1CCN(c2ccc(C(=O)NCc3ccc(OC(C)C)nc3)cc2[N+](=O)[O-])CC1. The summed E-state index contributed by atoms with van der Waals surface area (Å²) in [4.78, 5) is 30.0. The van der Waals surface area contributed by atoms with E-state index in [1.807, 2.05) is 24.8 Å². The Morgan fingerprint density at radius 1 is 1.30 bits per heavy atom. The fourth-order valence-corrected chi connectivity index (χ4v) is 3.44. The highest BCUT2D eigenvalue weighted by molar-refractivity contribution is 5.95. The van der Waals surface area contributed by atoms with Gasteiger partial charge in [0.15, 0.2) is 0 Å². The molecule has 1 saturated heterocycles. The maximum absolute atomic E-state index is 12.5. The van der Waals surface area contributed by atoms with Crippen molar-refractivity contribution in [2.24, 2.45) is 5.92 Å². The Kier molecular flexibility index (Phi) is 6.87. The molecule has 0 spiro atoms. The second kappa shape index (κ2) is 9.56. The first-order valence-corrected chi connectivity index (χ1v) is 10.3. The number of pyridine rings is 1. The van der Waals surface area contributed by atoms with E-state index in [0.29, 0.717) is 17.5 Å². The van der Waals surface area contributed by atoms with E-state index >= 15 is 0 Å². The van der Waals surface area contributed by atoms with Crippen molar-refractivity contribution in [1.29, 1.82) is 0 Å². The fourth-order valence-electron chi connectivity index (χ4n) is 3.44. The van der Waals surface area contributed by atoms with Crippen LogP contribution in [-0.2, 0) is 6.54 Å². The highest BCUT2D eigenvalue weighted by atomic mass is 16.6. The summed E-state index contributed by atoms with van der Waals surface area (Å²) in [5.74, 6) is 0.795. The predicted molar refractivity (Wildman–Crippen MR) is 115 cm³/mol. The van der Waals surface area contributed by atoms with Crippen LogP contribution in [0.5, 0.6) is 5.88 Å². The molecule has 1 amide bonds. The lowest BCUT2D eigenvalue weighted by Crippen LogP contribution is -2.33. The first-order chi connectivity index (χ1) is 14.3. The molecule has 2 heterocycles. The third kappa shape index (κ3) is 5.46. The van der Waals surface area contributed by atoms with Crippen LogP contribution in [0.15, 0.2) is 36.5 Å². The van der Waals surface area contributed by atoms with Crippen LogP contribution in [0.2, 0.25) is 0 Å². The molecule has 0 saturated carbocycles. The number of anilines is 1. The van der Waals surface area contributed by atoms with Gasteiger partial charge in [-0.05, 0) is 50.3 Å². The van der Waals surface area contributed by atoms with Gasteiger partial charge in [0.2, 0.25) is 5.88 Å². The maximum Gasteiger partial charge on any atom is 0.293 e. The molecule has 30 heavy (non-hydrogen) atoms. The quantitative estimate of drug-likeness (QED) is 0.546. The summed E-state index contributed by atoms with van der Waals surface area (Å²) in [6.45, 7) is 7.89. The van der Waals surface area contributed by atoms with Gasteiger partial charge in [0.05, 0.1) is 11.0 Å². The van der Waals surface area contributed by atoms with Gasteiger partial charge >= 0.3 is 0 Å². The molecular weight excluding hydrogens is 384 g/mol. The van der Waals surface area contributed by atoms with Crippen LogP contribution < -0.4 is 15.0 Å². The van der Waals surface area contributed by atoms with Crippen LogP contribution in [-0.4, -0.2) is 35.0 Å². The molecular formula is C22H28N4O4. The Balaban J connectivity index is 1.67. The number of piperidine rings is 1. The summed E-state index contributed by atoms with van der Waals surface area (Å²) in [6, 6.07) is 8.27. The van der Waals surface area contributed by atoms with Gasteiger partial charge in [-0.2, -0.15) is 0 Å². The van der Waals surface area contributed by atoms with Crippen molar-refractivity contribution in [3.05, 3.63) is 57.8 Å². The molecule has 0 bridgehead atoms. The standard InChI is InChI=1S/C22H28N4O4/c1-15(2)30-21-7-4-17(13-23-21)14-24-22(27)18-5-6-19(20(12-18)26(28)29)25-10-8-16(3)9-11-25/h4-7,12-13,15-16H,8-11,14H2,1-3H3,(H,24,27). The minimum Gasteiger partial charge on any atom is -0.475 e. The number of ether oxygens (including phenoxy) is 1. The van der Waals surface area contributed by atoms with E-state index in [2.05, 4.69) is 17.2 Å². The number of carbonyl (C=O) groups excluding carboxylic acids is 1. The molecule has 1 aliphatic heterocycles. The molecule has 1 aliphatic rings. The lowest BCUT2D eigenvalue weighted by molar-refractivity contribution is -0.384. The highest BCUT2D eigenvalue weighted by Gasteiger charge is 2.24. The van der Waals surface area contributed by atoms with Crippen LogP contribution in [0, 0.1) is 16.0 Å². The van der Waals surface area contributed by atoms with Crippen LogP contribution in [0.4, 0.5) is 11.4 Å².